The summed E-state index contributed by atoms with van der Waals surface area (Å²) in [6.45, 7) is 0. The van der Waals surface area contributed by atoms with E-state index in [9.17, 15) is 5.26 Å². The lowest BCUT2D eigenvalue weighted by Crippen LogP contribution is -2.03. The Kier molecular flexibility index (Phi) is 5.19. The highest BCUT2D eigenvalue weighted by molar-refractivity contribution is 6.17. The van der Waals surface area contributed by atoms with Crippen molar-refractivity contribution in [2.75, 3.05) is 0 Å². The van der Waals surface area contributed by atoms with E-state index in [0.29, 0.717) is 11.6 Å². The molecule has 0 amide bonds. The molecular weight excluding hydrogens is 538 g/mol. The standard InChI is InChI=1S/C39H23N5/c40-24-33-30-14-4-7-17-32(30)41-39(42-33)44-34-18-8-5-13-28(34)29-22-21-25(23-37(29)44)27-16-10-20-36-38(27)31-15-6-9-19-35(31)43(36)26-11-2-1-3-12-26/h1-23H. The largest absolute Gasteiger partial charge is 0.309 e. The van der Waals surface area contributed by atoms with Gasteiger partial charge in [0.1, 0.15) is 6.07 Å². The Hall–Kier alpha value is -6.25. The summed E-state index contributed by atoms with van der Waals surface area (Å²) in [6, 6.07) is 50.6. The normalized spacial score (nSPS) is 11.6. The molecule has 0 N–H and O–H groups in total. The van der Waals surface area contributed by atoms with Crippen LogP contribution in [0.25, 0.3) is 77.3 Å². The fraction of sp³-hybridized carbons (Fsp3) is 0. The maximum atomic E-state index is 10.00. The SMILES string of the molecule is N#Cc1nc(-n2c3ccccc3c3ccc(-c4cccc5c4c4ccccc4n5-c4ccccc4)cc32)nc2ccccc12. The molecule has 0 saturated carbocycles. The number of para-hydroxylation sites is 4. The van der Waals surface area contributed by atoms with Gasteiger partial charge < -0.3 is 4.57 Å². The molecule has 0 saturated heterocycles. The van der Waals surface area contributed by atoms with Crippen LogP contribution in [0, 0.1) is 11.3 Å². The fourth-order valence-electron chi connectivity index (χ4n) is 6.72. The minimum Gasteiger partial charge on any atom is -0.309 e. The summed E-state index contributed by atoms with van der Waals surface area (Å²) in [6.07, 6.45) is 0. The first-order valence-electron chi connectivity index (χ1n) is 14.6. The van der Waals surface area contributed by atoms with Gasteiger partial charge in [0.2, 0.25) is 5.95 Å². The predicted molar refractivity (Wildman–Crippen MR) is 178 cm³/mol. The molecule has 0 fully saturated rings. The van der Waals surface area contributed by atoms with Crippen LogP contribution in [0.5, 0.6) is 0 Å². The first-order chi connectivity index (χ1) is 21.8. The van der Waals surface area contributed by atoms with Crippen LogP contribution in [0.3, 0.4) is 0 Å². The van der Waals surface area contributed by atoms with Crippen LogP contribution in [-0.2, 0) is 0 Å². The number of nitriles is 1. The third-order valence-corrected chi connectivity index (χ3v) is 8.59. The molecule has 0 radical (unpaired) electrons. The molecule has 0 aliphatic rings. The Morgan fingerprint density at radius 1 is 0.500 bits per heavy atom. The third-order valence-electron chi connectivity index (χ3n) is 8.59. The molecule has 0 aliphatic heterocycles. The zero-order valence-electron chi connectivity index (χ0n) is 23.5. The number of benzene rings is 6. The Morgan fingerprint density at radius 2 is 1.16 bits per heavy atom. The van der Waals surface area contributed by atoms with Gasteiger partial charge in [0.05, 0.1) is 27.6 Å². The number of aromatic nitrogens is 4. The molecule has 5 heteroatoms. The van der Waals surface area contributed by atoms with E-state index in [0.717, 1.165) is 55.0 Å². The van der Waals surface area contributed by atoms with Crippen LogP contribution in [0.15, 0.2) is 140 Å². The lowest BCUT2D eigenvalue weighted by molar-refractivity contribution is 1.00. The molecule has 6 aromatic carbocycles. The van der Waals surface area contributed by atoms with Crippen molar-refractivity contribution in [3.05, 3.63) is 145 Å². The minimum atomic E-state index is 0.367. The van der Waals surface area contributed by atoms with Crippen molar-refractivity contribution < 1.29 is 0 Å². The van der Waals surface area contributed by atoms with Gasteiger partial charge in [0.25, 0.3) is 0 Å². The second-order valence-electron chi connectivity index (χ2n) is 11.0. The van der Waals surface area contributed by atoms with Crippen molar-refractivity contribution >= 4 is 54.5 Å². The van der Waals surface area contributed by atoms with Gasteiger partial charge in [-0.05, 0) is 59.7 Å². The molecular formula is C39H23N5. The van der Waals surface area contributed by atoms with E-state index >= 15 is 0 Å². The zero-order valence-corrected chi connectivity index (χ0v) is 23.5. The first-order valence-corrected chi connectivity index (χ1v) is 14.6. The lowest BCUT2D eigenvalue weighted by Gasteiger charge is -2.10. The molecule has 44 heavy (non-hydrogen) atoms. The van der Waals surface area contributed by atoms with Crippen LogP contribution < -0.4 is 0 Å². The number of hydrogen-bond acceptors (Lipinski definition) is 3. The number of nitrogens with zero attached hydrogens (tertiary/aromatic N) is 5. The Morgan fingerprint density at radius 3 is 1.98 bits per heavy atom. The number of fused-ring (bicyclic) bond motifs is 7. The average Bonchev–Trinajstić information content (AvgIpc) is 3.61. The summed E-state index contributed by atoms with van der Waals surface area (Å²) in [5.74, 6) is 0.488. The van der Waals surface area contributed by atoms with Gasteiger partial charge in [-0.2, -0.15) is 5.26 Å². The van der Waals surface area contributed by atoms with Gasteiger partial charge in [0.15, 0.2) is 5.69 Å². The molecule has 204 valence electrons. The number of rotatable bonds is 3. The molecule has 9 rings (SSSR count). The quantitative estimate of drug-likeness (QED) is 0.216. The second kappa shape index (κ2) is 9.38. The van der Waals surface area contributed by atoms with E-state index in [2.05, 4.69) is 124 Å². The summed E-state index contributed by atoms with van der Waals surface area (Å²) in [7, 11) is 0. The molecule has 3 heterocycles. The van der Waals surface area contributed by atoms with Gasteiger partial charge in [0, 0.05) is 32.6 Å². The Bertz CT molecular complexity index is 2620. The van der Waals surface area contributed by atoms with Crippen molar-refractivity contribution in [3.8, 4) is 28.8 Å². The summed E-state index contributed by atoms with van der Waals surface area (Å²) >= 11 is 0. The fourth-order valence-corrected chi connectivity index (χ4v) is 6.72. The lowest BCUT2D eigenvalue weighted by atomic mass is 9.98. The second-order valence-corrected chi connectivity index (χ2v) is 11.0. The van der Waals surface area contributed by atoms with Crippen molar-refractivity contribution in [3.63, 3.8) is 0 Å². The molecule has 3 aromatic heterocycles. The monoisotopic (exact) mass is 561 g/mol. The maximum absolute atomic E-state index is 10.00. The summed E-state index contributed by atoms with van der Waals surface area (Å²) in [4.78, 5) is 9.73. The van der Waals surface area contributed by atoms with Crippen molar-refractivity contribution in [1.82, 2.24) is 19.1 Å². The molecule has 0 unspecified atom stereocenters. The molecule has 0 spiro atoms. The van der Waals surface area contributed by atoms with E-state index in [1.165, 1.54) is 16.3 Å². The van der Waals surface area contributed by atoms with Crippen LogP contribution >= 0.6 is 0 Å². The van der Waals surface area contributed by atoms with E-state index in [1.54, 1.807) is 0 Å². The van der Waals surface area contributed by atoms with Crippen LogP contribution in [0.2, 0.25) is 0 Å². The zero-order chi connectivity index (χ0) is 29.2. The predicted octanol–water partition coefficient (Wildman–Crippen LogP) is 9.36. The van der Waals surface area contributed by atoms with E-state index in [4.69, 9.17) is 9.97 Å². The van der Waals surface area contributed by atoms with E-state index < -0.39 is 0 Å². The highest BCUT2D eigenvalue weighted by atomic mass is 15.2. The molecule has 0 bridgehead atoms. The van der Waals surface area contributed by atoms with Gasteiger partial charge >= 0.3 is 0 Å². The molecule has 0 atom stereocenters. The first kappa shape index (κ1) is 24.4. The Labute approximate surface area is 252 Å². The smallest absolute Gasteiger partial charge is 0.236 e. The highest BCUT2D eigenvalue weighted by Crippen LogP contribution is 2.40. The van der Waals surface area contributed by atoms with Gasteiger partial charge in [-0.25, -0.2) is 9.97 Å². The molecule has 0 aliphatic carbocycles. The maximum Gasteiger partial charge on any atom is 0.236 e. The van der Waals surface area contributed by atoms with Crippen molar-refractivity contribution in [2.45, 2.75) is 0 Å². The molecule has 9 aromatic rings. The van der Waals surface area contributed by atoms with Crippen LogP contribution in [-0.4, -0.2) is 19.1 Å². The van der Waals surface area contributed by atoms with Crippen molar-refractivity contribution in [1.29, 1.82) is 5.26 Å². The number of hydrogen-bond donors (Lipinski definition) is 0. The van der Waals surface area contributed by atoms with E-state index in [-0.39, 0.29) is 0 Å². The topological polar surface area (TPSA) is 59.4 Å². The highest BCUT2D eigenvalue weighted by Gasteiger charge is 2.19. The summed E-state index contributed by atoms with van der Waals surface area (Å²) < 4.78 is 4.44. The summed E-state index contributed by atoms with van der Waals surface area (Å²) in [5.41, 5.74) is 8.82. The van der Waals surface area contributed by atoms with Gasteiger partial charge in [-0.15, -0.1) is 0 Å². The summed E-state index contributed by atoms with van der Waals surface area (Å²) in [5, 5.41) is 15.4. The molecule has 5 nitrogen and oxygen atoms in total. The van der Waals surface area contributed by atoms with Crippen molar-refractivity contribution in [2.24, 2.45) is 0 Å². The van der Waals surface area contributed by atoms with Gasteiger partial charge in [-0.3, -0.25) is 4.57 Å². The van der Waals surface area contributed by atoms with Crippen LogP contribution in [0.4, 0.5) is 0 Å². The van der Waals surface area contributed by atoms with E-state index in [1.807, 2.05) is 30.3 Å². The Balaban J connectivity index is 1.36. The third kappa shape index (κ3) is 3.46. The average molecular weight is 562 g/mol. The van der Waals surface area contributed by atoms with Gasteiger partial charge in [-0.1, -0.05) is 91.0 Å². The van der Waals surface area contributed by atoms with Crippen LogP contribution in [0.1, 0.15) is 5.69 Å². The minimum absolute atomic E-state index is 0.367.